The molecule has 0 spiro atoms. The summed E-state index contributed by atoms with van der Waals surface area (Å²) < 4.78 is 37.5. The van der Waals surface area contributed by atoms with Crippen LogP contribution in [0.1, 0.15) is 18.4 Å². The number of nitriles is 1. The van der Waals surface area contributed by atoms with Gasteiger partial charge < -0.3 is 9.47 Å². The average Bonchev–Trinajstić information content (AvgIpc) is 2.74. The van der Waals surface area contributed by atoms with E-state index in [0.29, 0.717) is 24.3 Å². The molecule has 8 heteroatoms. The highest BCUT2D eigenvalue weighted by Gasteiger charge is 2.34. The van der Waals surface area contributed by atoms with Crippen LogP contribution in [0.15, 0.2) is 53.4 Å². The van der Waals surface area contributed by atoms with Crippen molar-refractivity contribution in [3.8, 4) is 17.6 Å². The first-order valence-electron chi connectivity index (χ1n) is 8.80. The topological polar surface area (TPSA) is 96.7 Å². The number of carbonyl (C=O) groups excluding carboxylic acids is 1. The third kappa shape index (κ3) is 4.16. The van der Waals surface area contributed by atoms with Gasteiger partial charge in [0.15, 0.2) is 0 Å². The molecule has 0 amide bonds. The summed E-state index contributed by atoms with van der Waals surface area (Å²) in [6, 6.07) is 14.7. The zero-order chi connectivity index (χ0) is 20.1. The molecule has 7 nitrogen and oxygen atoms in total. The number of sulfonamides is 1. The Bertz CT molecular complexity index is 988. The zero-order valence-electron chi connectivity index (χ0n) is 15.4. The van der Waals surface area contributed by atoms with Crippen LogP contribution in [0, 0.1) is 17.2 Å². The van der Waals surface area contributed by atoms with Gasteiger partial charge in [-0.3, -0.25) is 4.79 Å². The number of carbonyl (C=O) groups is 1. The van der Waals surface area contributed by atoms with Crippen molar-refractivity contribution in [1.29, 1.82) is 5.26 Å². The largest absolute Gasteiger partial charge is 0.497 e. The van der Waals surface area contributed by atoms with Gasteiger partial charge in [-0.05, 0) is 49.2 Å². The highest BCUT2D eigenvalue weighted by atomic mass is 32.2. The first-order chi connectivity index (χ1) is 13.5. The Hall–Kier alpha value is -2.89. The monoisotopic (exact) mass is 400 g/mol. The molecule has 0 bridgehead atoms. The molecule has 2 aromatic carbocycles. The van der Waals surface area contributed by atoms with Gasteiger partial charge in [-0.15, -0.1) is 0 Å². The van der Waals surface area contributed by atoms with Crippen LogP contribution < -0.4 is 9.47 Å². The second-order valence-corrected chi connectivity index (χ2v) is 8.29. The third-order valence-corrected chi connectivity index (χ3v) is 6.65. The van der Waals surface area contributed by atoms with Crippen molar-refractivity contribution in [3.63, 3.8) is 0 Å². The van der Waals surface area contributed by atoms with E-state index >= 15 is 0 Å². The number of piperidine rings is 1. The van der Waals surface area contributed by atoms with Crippen LogP contribution in [0.3, 0.4) is 0 Å². The lowest BCUT2D eigenvalue weighted by Gasteiger charge is -2.30. The predicted molar refractivity (Wildman–Crippen MR) is 101 cm³/mol. The van der Waals surface area contributed by atoms with Crippen molar-refractivity contribution in [1.82, 2.24) is 4.31 Å². The lowest BCUT2D eigenvalue weighted by atomic mass is 9.98. The third-order valence-electron chi connectivity index (χ3n) is 4.69. The highest BCUT2D eigenvalue weighted by molar-refractivity contribution is 7.89. The molecule has 1 fully saturated rings. The molecule has 0 atom stereocenters. The van der Waals surface area contributed by atoms with Gasteiger partial charge in [0.05, 0.1) is 23.5 Å². The van der Waals surface area contributed by atoms with E-state index in [2.05, 4.69) is 0 Å². The molecule has 0 aliphatic carbocycles. The van der Waals surface area contributed by atoms with Gasteiger partial charge in [0.2, 0.25) is 10.0 Å². The molecule has 1 heterocycles. The Balaban J connectivity index is 1.63. The number of hydrogen-bond donors (Lipinski definition) is 0. The van der Waals surface area contributed by atoms with Crippen LogP contribution in [0.25, 0.3) is 0 Å². The lowest BCUT2D eigenvalue weighted by Crippen LogP contribution is -2.41. The predicted octanol–water partition coefficient (Wildman–Crippen LogP) is 2.57. The van der Waals surface area contributed by atoms with E-state index in [9.17, 15) is 13.2 Å². The Labute approximate surface area is 164 Å². The summed E-state index contributed by atoms with van der Waals surface area (Å²) in [6.07, 6.45) is 0.728. The Morgan fingerprint density at radius 2 is 1.68 bits per heavy atom. The van der Waals surface area contributed by atoms with Gasteiger partial charge in [-0.2, -0.15) is 9.57 Å². The molecule has 0 N–H and O–H groups in total. The number of hydrogen-bond acceptors (Lipinski definition) is 6. The van der Waals surface area contributed by atoms with Crippen LogP contribution in [-0.2, 0) is 14.8 Å². The second kappa shape index (κ2) is 8.42. The summed E-state index contributed by atoms with van der Waals surface area (Å²) in [7, 11) is -2.22. The van der Waals surface area contributed by atoms with Crippen LogP contribution in [0.2, 0.25) is 0 Å². The minimum absolute atomic E-state index is 0.00300. The van der Waals surface area contributed by atoms with Gasteiger partial charge in [-0.1, -0.05) is 12.1 Å². The Morgan fingerprint density at radius 3 is 2.29 bits per heavy atom. The van der Waals surface area contributed by atoms with Gasteiger partial charge in [0.25, 0.3) is 0 Å². The molecule has 28 heavy (non-hydrogen) atoms. The minimum Gasteiger partial charge on any atom is -0.497 e. The summed E-state index contributed by atoms with van der Waals surface area (Å²) in [5.41, 5.74) is 0.114. The number of benzene rings is 2. The van der Waals surface area contributed by atoms with Gasteiger partial charge in [0.1, 0.15) is 17.6 Å². The molecule has 0 aromatic heterocycles. The summed E-state index contributed by atoms with van der Waals surface area (Å²) in [5, 5.41) is 9.17. The molecular weight excluding hydrogens is 380 g/mol. The molecule has 1 saturated heterocycles. The van der Waals surface area contributed by atoms with Crippen molar-refractivity contribution in [2.75, 3.05) is 20.2 Å². The van der Waals surface area contributed by atoms with E-state index in [-0.39, 0.29) is 35.4 Å². The van der Waals surface area contributed by atoms with Gasteiger partial charge in [-0.25, -0.2) is 8.42 Å². The Kier molecular flexibility index (Phi) is 5.97. The van der Waals surface area contributed by atoms with Gasteiger partial charge >= 0.3 is 5.97 Å². The number of rotatable bonds is 5. The molecule has 1 aliphatic heterocycles. The zero-order valence-corrected chi connectivity index (χ0v) is 16.2. The maximum Gasteiger partial charge on any atom is 0.314 e. The van der Waals surface area contributed by atoms with E-state index in [1.54, 1.807) is 43.5 Å². The number of ether oxygens (including phenoxy) is 2. The maximum atomic E-state index is 12.8. The van der Waals surface area contributed by atoms with Crippen LogP contribution in [0.5, 0.6) is 11.5 Å². The van der Waals surface area contributed by atoms with E-state index in [1.807, 2.05) is 6.07 Å². The second-order valence-electron chi connectivity index (χ2n) is 6.38. The molecule has 0 saturated carbocycles. The fourth-order valence-electron chi connectivity index (χ4n) is 3.10. The fraction of sp³-hybridized carbons (Fsp3) is 0.300. The summed E-state index contributed by atoms with van der Waals surface area (Å²) in [6.45, 7) is 0.398. The molecule has 2 aromatic rings. The Morgan fingerprint density at radius 1 is 1.07 bits per heavy atom. The molecule has 146 valence electrons. The fourth-order valence-corrected chi connectivity index (χ4v) is 4.71. The average molecular weight is 400 g/mol. The lowest BCUT2D eigenvalue weighted by molar-refractivity contribution is -0.140. The van der Waals surface area contributed by atoms with Crippen molar-refractivity contribution < 1.29 is 22.7 Å². The standard InChI is InChI=1S/C20H20N2O5S/c1-26-17-6-8-18(9-7-17)27-20(23)15-10-12-22(13-11-15)28(24,25)19-5-3-2-4-16(19)14-21/h2-9,15H,10-13H2,1H3. The van der Waals surface area contributed by atoms with Crippen LogP contribution in [-0.4, -0.2) is 38.9 Å². The van der Waals surface area contributed by atoms with Crippen LogP contribution in [0.4, 0.5) is 0 Å². The molecule has 0 radical (unpaired) electrons. The van der Waals surface area contributed by atoms with E-state index in [1.165, 1.54) is 16.4 Å². The van der Waals surface area contributed by atoms with Gasteiger partial charge in [0, 0.05) is 13.1 Å². The van der Waals surface area contributed by atoms with Crippen molar-refractivity contribution in [3.05, 3.63) is 54.1 Å². The van der Waals surface area contributed by atoms with Crippen molar-refractivity contribution >= 4 is 16.0 Å². The molecule has 0 unspecified atom stereocenters. The maximum absolute atomic E-state index is 12.8. The van der Waals surface area contributed by atoms with E-state index < -0.39 is 10.0 Å². The number of nitrogens with zero attached hydrogens (tertiary/aromatic N) is 2. The first-order valence-corrected chi connectivity index (χ1v) is 10.2. The number of methoxy groups -OCH3 is 1. The van der Waals surface area contributed by atoms with E-state index in [0.717, 1.165) is 0 Å². The summed E-state index contributed by atoms with van der Waals surface area (Å²) >= 11 is 0. The normalized spacial score (nSPS) is 15.6. The van der Waals surface area contributed by atoms with E-state index in [4.69, 9.17) is 14.7 Å². The minimum atomic E-state index is -3.78. The smallest absolute Gasteiger partial charge is 0.314 e. The summed E-state index contributed by atoms with van der Waals surface area (Å²) in [4.78, 5) is 12.4. The summed E-state index contributed by atoms with van der Waals surface area (Å²) in [5.74, 6) is 0.333. The first kappa shape index (κ1) is 19.9. The SMILES string of the molecule is COc1ccc(OC(=O)C2CCN(S(=O)(=O)c3ccccc3C#N)CC2)cc1. The number of esters is 1. The quantitative estimate of drug-likeness (QED) is 0.565. The van der Waals surface area contributed by atoms with Crippen molar-refractivity contribution in [2.24, 2.45) is 5.92 Å². The van der Waals surface area contributed by atoms with Crippen LogP contribution >= 0.6 is 0 Å². The van der Waals surface area contributed by atoms with Crippen molar-refractivity contribution in [2.45, 2.75) is 17.7 Å². The highest BCUT2D eigenvalue weighted by Crippen LogP contribution is 2.27. The molecule has 3 rings (SSSR count). The molecule has 1 aliphatic rings. The molecular formula is C20H20N2O5S.